The van der Waals surface area contributed by atoms with E-state index in [1.165, 1.54) is 18.9 Å². The largest absolute Gasteiger partial charge is 0.494 e. The van der Waals surface area contributed by atoms with Crippen molar-refractivity contribution in [2.24, 2.45) is 0 Å². The standard InChI is InChI=1S/C29H28N2O4/c1-2-3-4-11-20-35-25-18-16-22(17-19-25)21-26-27(32)30(23-12-7-5-8-13-23)29(34)31(28(26)33)24-14-9-6-10-15-24/h5-10,12-19,21H,2-4,11,20H2,1H3. The van der Waals surface area contributed by atoms with Crippen LogP contribution in [0.25, 0.3) is 6.08 Å². The summed E-state index contributed by atoms with van der Waals surface area (Å²) < 4.78 is 5.79. The molecule has 0 spiro atoms. The number of anilines is 2. The Morgan fingerprint density at radius 1 is 0.686 bits per heavy atom. The maximum Gasteiger partial charge on any atom is 0.343 e. The predicted molar refractivity (Wildman–Crippen MR) is 137 cm³/mol. The lowest BCUT2D eigenvalue weighted by Crippen LogP contribution is -2.57. The van der Waals surface area contributed by atoms with Crippen molar-refractivity contribution in [1.82, 2.24) is 0 Å². The van der Waals surface area contributed by atoms with Gasteiger partial charge in [0.2, 0.25) is 0 Å². The zero-order chi connectivity index (χ0) is 24.6. The van der Waals surface area contributed by atoms with Gasteiger partial charge in [-0.05, 0) is 54.5 Å². The van der Waals surface area contributed by atoms with E-state index < -0.39 is 17.8 Å². The lowest BCUT2D eigenvalue weighted by molar-refractivity contribution is -0.121. The smallest absolute Gasteiger partial charge is 0.343 e. The fraction of sp³-hybridized carbons (Fsp3) is 0.207. The number of urea groups is 1. The summed E-state index contributed by atoms with van der Waals surface area (Å²) in [5.41, 5.74) is 1.36. The highest BCUT2D eigenvalue weighted by molar-refractivity contribution is 6.46. The minimum atomic E-state index is -0.707. The van der Waals surface area contributed by atoms with Gasteiger partial charge < -0.3 is 4.74 Å². The van der Waals surface area contributed by atoms with Gasteiger partial charge in [0.05, 0.1) is 18.0 Å². The highest BCUT2D eigenvalue weighted by atomic mass is 16.5. The summed E-state index contributed by atoms with van der Waals surface area (Å²) in [5, 5.41) is 0. The third-order valence-corrected chi connectivity index (χ3v) is 5.74. The fourth-order valence-electron chi connectivity index (χ4n) is 3.88. The Labute approximate surface area is 205 Å². The number of carbonyl (C=O) groups is 3. The van der Waals surface area contributed by atoms with Gasteiger partial charge in [-0.3, -0.25) is 9.59 Å². The molecule has 0 aromatic heterocycles. The summed E-state index contributed by atoms with van der Waals surface area (Å²) in [5.74, 6) is -0.582. The molecular weight excluding hydrogens is 440 g/mol. The van der Waals surface area contributed by atoms with Crippen LogP contribution in [-0.4, -0.2) is 24.5 Å². The normalized spacial score (nSPS) is 13.9. The molecule has 1 heterocycles. The second-order valence-electron chi connectivity index (χ2n) is 8.27. The van der Waals surface area contributed by atoms with E-state index in [9.17, 15) is 14.4 Å². The fourth-order valence-corrected chi connectivity index (χ4v) is 3.88. The van der Waals surface area contributed by atoms with Crippen LogP contribution >= 0.6 is 0 Å². The molecule has 4 rings (SSSR count). The molecule has 0 saturated carbocycles. The quantitative estimate of drug-likeness (QED) is 0.212. The van der Waals surface area contributed by atoms with Crippen LogP contribution in [0.4, 0.5) is 16.2 Å². The number of amides is 4. The SMILES string of the molecule is CCCCCCOc1ccc(C=C2C(=O)N(c3ccccc3)C(=O)N(c3ccccc3)C2=O)cc1. The molecule has 178 valence electrons. The van der Waals surface area contributed by atoms with E-state index in [2.05, 4.69) is 6.92 Å². The summed E-state index contributed by atoms with van der Waals surface area (Å²) in [4.78, 5) is 42.2. The number of barbiturate groups is 1. The first-order chi connectivity index (χ1) is 17.1. The molecule has 0 radical (unpaired) electrons. The van der Waals surface area contributed by atoms with Gasteiger partial charge in [-0.25, -0.2) is 14.6 Å². The van der Waals surface area contributed by atoms with Crippen molar-refractivity contribution in [3.05, 3.63) is 96.1 Å². The first kappa shape index (κ1) is 24.0. The minimum Gasteiger partial charge on any atom is -0.494 e. The number of rotatable bonds is 9. The average molecular weight is 469 g/mol. The third kappa shape index (κ3) is 5.49. The number of hydrogen-bond donors (Lipinski definition) is 0. The summed E-state index contributed by atoms with van der Waals surface area (Å²) in [6.45, 7) is 2.82. The van der Waals surface area contributed by atoms with Crippen LogP contribution in [-0.2, 0) is 9.59 Å². The molecular formula is C29H28N2O4. The van der Waals surface area contributed by atoms with Crippen LogP contribution in [0.2, 0.25) is 0 Å². The molecule has 1 fully saturated rings. The second kappa shape index (κ2) is 11.3. The molecule has 1 saturated heterocycles. The van der Waals surface area contributed by atoms with Gasteiger partial charge in [0.1, 0.15) is 11.3 Å². The van der Waals surface area contributed by atoms with Crippen LogP contribution < -0.4 is 14.5 Å². The zero-order valence-corrected chi connectivity index (χ0v) is 19.7. The number of carbonyl (C=O) groups excluding carboxylic acids is 3. The summed E-state index contributed by atoms with van der Waals surface area (Å²) in [7, 11) is 0. The average Bonchev–Trinajstić information content (AvgIpc) is 2.89. The lowest BCUT2D eigenvalue weighted by atomic mass is 10.0. The Bertz CT molecular complexity index is 1140. The molecule has 0 unspecified atom stereocenters. The van der Waals surface area contributed by atoms with Gasteiger partial charge in [0.15, 0.2) is 0 Å². The van der Waals surface area contributed by atoms with E-state index in [4.69, 9.17) is 4.74 Å². The maximum absolute atomic E-state index is 13.4. The Hall–Kier alpha value is -4.19. The number of imide groups is 2. The molecule has 0 atom stereocenters. The van der Waals surface area contributed by atoms with Crippen LogP contribution in [0.15, 0.2) is 90.5 Å². The van der Waals surface area contributed by atoms with Crippen molar-refractivity contribution < 1.29 is 19.1 Å². The van der Waals surface area contributed by atoms with Gasteiger partial charge >= 0.3 is 6.03 Å². The molecule has 6 heteroatoms. The van der Waals surface area contributed by atoms with Crippen molar-refractivity contribution in [3.63, 3.8) is 0 Å². The van der Waals surface area contributed by atoms with Crippen LogP contribution in [0, 0.1) is 0 Å². The van der Waals surface area contributed by atoms with E-state index in [1.54, 1.807) is 72.8 Å². The first-order valence-corrected chi connectivity index (χ1v) is 11.9. The number of ether oxygens (including phenoxy) is 1. The number of hydrogen-bond acceptors (Lipinski definition) is 4. The molecule has 1 aliphatic rings. The molecule has 35 heavy (non-hydrogen) atoms. The number of benzene rings is 3. The van der Waals surface area contributed by atoms with Crippen molar-refractivity contribution in [1.29, 1.82) is 0 Å². The monoisotopic (exact) mass is 468 g/mol. The Kier molecular flexibility index (Phi) is 7.73. The highest BCUT2D eigenvalue weighted by Crippen LogP contribution is 2.29. The van der Waals surface area contributed by atoms with Crippen LogP contribution in [0.5, 0.6) is 5.75 Å². The van der Waals surface area contributed by atoms with Gasteiger partial charge in [-0.1, -0.05) is 74.7 Å². The van der Waals surface area contributed by atoms with Gasteiger partial charge in [0.25, 0.3) is 11.8 Å². The summed E-state index contributed by atoms with van der Waals surface area (Å²) in [6.07, 6.45) is 6.03. The predicted octanol–water partition coefficient (Wildman–Crippen LogP) is 6.23. The van der Waals surface area contributed by atoms with E-state index in [1.807, 2.05) is 12.1 Å². The molecule has 4 amide bonds. The van der Waals surface area contributed by atoms with E-state index >= 15 is 0 Å². The third-order valence-electron chi connectivity index (χ3n) is 5.74. The number of para-hydroxylation sites is 2. The molecule has 3 aromatic carbocycles. The Morgan fingerprint density at radius 2 is 1.23 bits per heavy atom. The number of nitrogens with zero attached hydrogens (tertiary/aromatic N) is 2. The Morgan fingerprint density at radius 3 is 1.74 bits per heavy atom. The van der Waals surface area contributed by atoms with Crippen molar-refractivity contribution in [2.75, 3.05) is 16.4 Å². The number of unbranched alkanes of at least 4 members (excludes halogenated alkanes) is 3. The maximum atomic E-state index is 13.4. The molecule has 0 bridgehead atoms. The van der Waals surface area contributed by atoms with Gasteiger partial charge in [0, 0.05) is 0 Å². The zero-order valence-electron chi connectivity index (χ0n) is 19.7. The van der Waals surface area contributed by atoms with Crippen molar-refractivity contribution >= 4 is 35.3 Å². The summed E-state index contributed by atoms with van der Waals surface area (Å²) in [6, 6.07) is 23.7. The Balaban J connectivity index is 1.63. The summed E-state index contributed by atoms with van der Waals surface area (Å²) >= 11 is 0. The van der Waals surface area contributed by atoms with E-state index in [0.717, 1.165) is 28.4 Å². The van der Waals surface area contributed by atoms with Crippen LogP contribution in [0.3, 0.4) is 0 Å². The minimum absolute atomic E-state index is 0.0921. The van der Waals surface area contributed by atoms with Crippen molar-refractivity contribution in [3.8, 4) is 5.75 Å². The topological polar surface area (TPSA) is 66.9 Å². The molecule has 1 aliphatic heterocycles. The molecule has 0 aliphatic carbocycles. The first-order valence-electron chi connectivity index (χ1n) is 11.9. The lowest BCUT2D eigenvalue weighted by Gasteiger charge is -2.33. The van der Waals surface area contributed by atoms with E-state index in [-0.39, 0.29) is 5.57 Å². The second-order valence-corrected chi connectivity index (χ2v) is 8.27. The van der Waals surface area contributed by atoms with Crippen LogP contribution in [0.1, 0.15) is 38.2 Å². The van der Waals surface area contributed by atoms with Gasteiger partial charge in [-0.15, -0.1) is 0 Å². The van der Waals surface area contributed by atoms with E-state index in [0.29, 0.717) is 23.5 Å². The molecule has 0 N–H and O–H groups in total. The van der Waals surface area contributed by atoms with Crippen molar-refractivity contribution in [2.45, 2.75) is 32.6 Å². The molecule has 6 nitrogen and oxygen atoms in total. The highest BCUT2D eigenvalue weighted by Gasteiger charge is 2.43. The van der Waals surface area contributed by atoms with Gasteiger partial charge in [-0.2, -0.15) is 0 Å². The molecule has 3 aromatic rings.